The van der Waals surface area contributed by atoms with Gasteiger partial charge in [-0.15, -0.1) is 0 Å². The van der Waals surface area contributed by atoms with Gasteiger partial charge in [0.25, 0.3) is 0 Å². The maximum atomic E-state index is 11.8. The van der Waals surface area contributed by atoms with Gasteiger partial charge in [0.15, 0.2) is 0 Å². The first-order valence-electron chi connectivity index (χ1n) is 7.20. The lowest BCUT2D eigenvalue weighted by molar-refractivity contribution is -0.117. The number of carbonyl (C=O) groups excluding carboxylic acids is 1. The van der Waals surface area contributed by atoms with Gasteiger partial charge in [-0.1, -0.05) is 18.9 Å². The van der Waals surface area contributed by atoms with Gasteiger partial charge in [-0.3, -0.25) is 4.79 Å². The number of anilines is 1. The first-order valence-corrected chi connectivity index (χ1v) is 7.20. The summed E-state index contributed by atoms with van der Waals surface area (Å²) in [5.41, 5.74) is 7.37. The van der Waals surface area contributed by atoms with Gasteiger partial charge < -0.3 is 15.8 Å². The van der Waals surface area contributed by atoms with Crippen LogP contribution in [0.5, 0.6) is 5.75 Å². The van der Waals surface area contributed by atoms with E-state index in [-0.39, 0.29) is 5.91 Å². The lowest BCUT2D eigenvalue weighted by Crippen LogP contribution is -2.30. The molecule has 1 amide bonds. The fourth-order valence-corrected chi connectivity index (χ4v) is 2.45. The first-order chi connectivity index (χ1) is 9.69. The van der Waals surface area contributed by atoms with Crippen LogP contribution in [-0.2, 0) is 4.79 Å². The third-order valence-corrected chi connectivity index (χ3v) is 3.46. The Hall–Kier alpha value is -1.97. The Balaban J connectivity index is 1.92. The van der Waals surface area contributed by atoms with Crippen molar-refractivity contribution in [3.63, 3.8) is 0 Å². The SMILES string of the molecule is CCOc1ccc(/C=C\C(=O)NC2CCCC2)cc1N. The van der Waals surface area contributed by atoms with Crippen LogP contribution in [0.15, 0.2) is 24.3 Å². The Morgan fingerprint density at radius 1 is 1.45 bits per heavy atom. The molecule has 1 aliphatic rings. The van der Waals surface area contributed by atoms with Crippen molar-refractivity contribution in [3.05, 3.63) is 29.8 Å². The van der Waals surface area contributed by atoms with E-state index in [0.29, 0.717) is 24.1 Å². The van der Waals surface area contributed by atoms with Crippen molar-refractivity contribution in [3.8, 4) is 5.75 Å². The molecule has 1 aromatic rings. The van der Waals surface area contributed by atoms with Gasteiger partial charge in [0.2, 0.25) is 5.91 Å². The van der Waals surface area contributed by atoms with Crippen molar-refractivity contribution in [1.82, 2.24) is 5.32 Å². The number of nitrogens with two attached hydrogens (primary N) is 1. The molecule has 4 nitrogen and oxygen atoms in total. The number of nitrogen functional groups attached to an aromatic ring is 1. The van der Waals surface area contributed by atoms with E-state index in [1.807, 2.05) is 25.1 Å². The molecule has 1 saturated carbocycles. The van der Waals surface area contributed by atoms with Gasteiger partial charge in [-0.25, -0.2) is 0 Å². The molecule has 0 spiro atoms. The summed E-state index contributed by atoms with van der Waals surface area (Å²) < 4.78 is 5.38. The van der Waals surface area contributed by atoms with Gasteiger partial charge in [0, 0.05) is 12.1 Å². The molecule has 0 bridgehead atoms. The highest BCUT2D eigenvalue weighted by Crippen LogP contribution is 2.23. The zero-order chi connectivity index (χ0) is 14.4. The quantitative estimate of drug-likeness (QED) is 0.641. The third kappa shape index (κ3) is 4.02. The molecule has 2 rings (SSSR count). The summed E-state index contributed by atoms with van der Waals surface area (Å²) in [7, 11) is 0. The van der Waals surface area contributed by atoms with E-state index >= 15 is 0 Å². The Kier molecular flexibility index (Phi) is 5.04. The third-order valence-electron chi connectivity index (χ3n) is 3.46. The van der Waals surface area contributed by atoms with Gasteiger partial charge >= 0.3 is 0 Å². The fraction of sp³-hybridized carbons (Fsp3) is 0.438. The highest BCUT2D eigenvalue weighted by molar-refractivity contribution is 5.92. The molecule has 4 heteroatoms. The molecule has 108 valence electrons. The summed E-state index contributed by atoms with van der Waals surface area (Å²) in [6.45, 7) is 2.50. The van der Waals surface area contributed by atoms with E-state index in [0.717, 1.165) is 18.4 Å². The van der Waals surface area contributed by atoms with Crippen LogP contribution >= 0.6 is 0 Å². The van der Waals surface area contributed by atoms with Crippen LogP contribution in [0.2, 0.25) is 0 Å². The van der Waals surface area contributed by atoms with Crippen LogP contribution in [0.3, 0.4) is 0 Å². The average Bonchev–Trinajstić information content (AvgIpc) is 2.92. The minimum Gasteiger partial charge on any atom is -0.492 e. The molecule has 1 fully saturated rings. The molecule has 3 N–H and O–H groups in total. The normalized spacial score (nSPS) is 15.7. The molecule has 0 radical (unpaired) electrons. The molecule has 0 atom stereocenters. The number of rotatable bonds is 5. The van der Waals surface area contributed by atoms with Gasteiger partial charge in [-0.05, 0) is 43.5 Å². The van der Waals surface area contributed by atoms with Crippen LogP contribution in [0.25, 0.3) is 6.08 Å². The van der Waals surface area contributed by atoms with Crippen LogP contribution in [0.4, 0.5) is 5.69 Å². The van der Waals surface area contributed by atoms with E-state index in [9.17, 15) is 4.79 Å². The van der Waals surface area contributed by atoms with Gasteiger partial charge in [0.1, 0.15) is 5.75 Å². The first kappa shape index (κ1) is 14.4. The summed E-state index contributed by atoms with van der Waals surface area (Å²) >= 11 is 0. The average molecular weight is 274 g/mol. The van der Waals surface area contributed by atoms with Crippen molar-refractivity contribution in [2.45, 2.75) is 38.6 Å². The minimum atomic E-state index is -0.0376. The monoisotopic (exact) mass is 274 g/mol. The molecule has 0 unspecified atom stereocenters. The number of carbonyl (C=O) groups is 1. The van der Waals surface area contributed by atoms with E-state index in [2.05, 4.69) is 5.32 Å². The number of benzene rings is 1. The summed E-state index contributed by atoms with van der Waals surface area (Å²) in [6, 6.07) is 5.87. The van der Waals surface area contributed by atoms with Crippen LogP contribution in [0, 0.1) is 0 Å². The molecule has 1 aromatic carbocycles. The Labute approximate surface area is 120 Å². The van der Waals surface area contributed by atoms with E-state index in [1.165, 1.54) is 12.8 Å². The molecule has 0 aromatic heterocycles. The highest BCUT2D eigenvalue weighted by atomic mass is 16.5. The van der Waals surface area contributed by atoms with Crippen molar-refractivity contribution in [2.75, 3.05) is 12.3 Å². The number of hydrogen-bond acceptors (Lipinski definition) is 3. The van der Waals surface area contributed by atoms with E-state index in [4.69, 9.17) is 10.5 Å². The smallest absolute Gasteiger partial charge is 0.244 e. The molecule has 20 heavy (non-hydrogen) atoms. The summed E-state index contributed by atoms with van der Waals surface area (Å²) in [5, 5.41) is 3.01. The lowest BCUT2D eigenvalue weighted by Gasteiger charge is -2.09. The van der Waals surface area contributed by atoms with Crippen molar-refractivity contribution < 1.29 is 9.53 Å². The number of amides is 1. The van der Waals surface area contributed by atoms with Crippen molar-refractivity contribution in [2.24, 2.45) is 0 Å². The minimum absolute atomic E-state index is 0.0376. The maximum Gasteiger partial charge on any atom is 0.244 e. The zero-order valence-electron chi connectivity index (χ0n) is 11.9. The van der Waals surface area contributed by atoms with Crippen molar-refractivity contribution >= 4 is 17.7 Å². The predicted octanol–water partition coefficient (Wildman–Crippen LogP) is 2.74. The Morgan fingerprint density at radius 3 is 2.85 bits per heavy atom. The Morgan fingerprint density at radius 2 is 2.20 bits per heavy atom. The molecular weight excluding hydrogens is 252 g/mol. The highest BCUT2D eigenvalue weighted by Gasteiger charge is 2.15. The van der Waals surface area contributed by atoms with Gasteiger partial charge in [0.05, 0.1) is 12.3 Å². The number of hydrogen-bond donors (Lipinski definition) is 2. The topological polar surface area (TPSA) is 64.3 Å². The standard InChI is InChI=1S/C16H22N2O2/c1-2-20-15-9-7-12(11-14(15)17)8-10-16(19)18-13-5-3-4-6-13/h7-11,13H,2-6,17H2,1H3,(H,18,19)/b10-8-. The number of nitrogens with one attached hydrogen (secondary N) is 1. The van der Waals surface area contributed by atoms with Crippen LogP contribution < -0.4 is 15.8 Å². The molecule has 1 aliphatic carbocycles. The Bertz CT molecular complexity index is 491. The maximum absolute atomic E-state index is 11.8. The van der Waals surface area contributed by atoms with E-state index in [1.54, 1.807) is 12.2 Å². The van der Waals surface area contributed by atoms with E-state index < -0.39 is 0 Å². The predicted molar refractivity (Wildman–Crippen MR) is 81.5 cm³/mol. The molecule has 0 saturated heterocycles. The summed E-state index contributed by atoms with van der Waals surface area (Å²) in [4.78, 5) is 11.8. The summed E-state index contributed by atoms with van der Waals surface area (Å²) in [5.74, 6) is 0.643. The second-order valence-electron chi connectivity index (χ2n) is 5.05. The van der Waals surface area contributed by atoms with Gasteiger partial charge in [-0.2, -0.15) is 0 Å². The second kappa shape index (κ2) is 6.98. The molecular formula is C16H22N2O2. The zero-order valence-corrected chi connectivity index (χ0v) is 11.9. The van der Waals surface area contributed by atoms with Crippen LogP contribution in [0.1, 0.15) is 38.2 Å². The fourth-order valence-electron chi connectivity index (χ4n) is 2.45. The van der Waals surface area contributed by atoms with Crippen LogP contribution in [-0.4, -0.2) is 18.6 Å². The molecule has 0 aliphatic heterocycles. The largest absolute Gasteiger partial charge is 0.492 e. The van der Waals surface area contributed by atoms with Crippen molar-refractivity contribution in [1.29, 1.82) is 0 Å². The number of ether oxygens (including phenoxy) is 1. The summed E-state index contributed by atoms with van der Waals surface area (Å²) in [6.07, 6.45) is 7.95. The second-order valence-corrected chi connectivity index (χ2v) is 5.05. The molecule has 0 heterocycles. The lowest BCUT2D eigenvalue weighted by atomic mass is 10.1.